The van der Waals surface area contributed by atoms with Gasteiger partial charge in [-0.05, 0) is 37.5 Å². The molecule has 1 aliphatic heterocycles. The lowest BCUT2D eigenvalue weighted by atomic mass is 9.83. The van der Waals surface area contributed by atoms with Gasteiger partial charge in [0.05, 0.1) is 6.10 Å². The molecule has 0 saturated carbocycles. The Labute approximate surface area is 122 Å². The molecule has 3 atom stereocenters. The van der Waals surface area contributed by atoms with E-state index in [1.165, 1.54) is 0 Å². The van der Waals surface area contributed by atoms with Gasteiger partial charge < -0.3 is 15.4 Å². The molecule has 0 radical (unpaired) electrons. The van der Waals surface area contributed by atoms with Crippen molar-refractivity contribution in [1.29, 1.82) is 0 Å². The van der Waals surface area contributed by atoms with Crippen LogP contribution in [0.5, 0.6) is 0 Å². The maximum atomic E-state index is 12.0. The Kier molecular flexibility index (Phi) is 5.08. The molecule has 2 aliphatic rings. The van der Waals surface area contributed by atoms with E-state index in [2.05, 4.69) is 43.6 Å². The van der Waals surface area contributed by atoms with Gasteiger partial charge in [0.1, 0.15) is 0 Å². The normalized spacial score (nSPS) is 30.9. The number of urea groups is 1. The summed E-state index contributed by atoms with van der Waals surface area (Å²) in [6, 6.07) is 0.496. The molecular formula is C16H28N2O2. The number of carbonyl (C=O) groups excluding carboxylic acids is 1. The third-order valence-electron chi connectivity index (χ3n) is 4.19. The van der Waals surface area contributed by atoms with E-state index in [0.29, 0.717) is 6.04 Å². The number of carbonyl (C=O) groups is 1. The molecule has 0 spiro atoms. The third kappa shape index (κ3) is 4.51. The molecule has 2 N–H and O–H groups in total. The number of nitrogens with one attached hydrogen (secondary N) is 2. The molecule has 1 saturated heterocycles. The van der Waals surface area contributed by atoms with E-state index in [-0.39, 0.29) is 23.6 Å². The van der Waals surface area contributed by atoms with Gasteiger partial charge in [0, 0.05) is 18.7 Å². The van der Waals surface area contributed by atoms with Crippen molar-refractivity contribution in [2.75, 3.05) is 6.61 Å². The van der Waals surface area contributed by atoms with Crippen molar-refractivity contribution in [3.63, 3.8) is 0 Å². The Morgan fingerprint density at radius 3 is 2.55 bits per heavy atom. The van der Waals surface area contributed by atoms with E-state index in [1.807, 2.05) is 0 Å². The van der Waals surface area contributed by atoms with E-state index in [1.54, 1.807) is 0 Å². The van der Waals surface area contributed by atoms with Gasteiger partial charge in [-0.3, -0.25) is 0 Å². The largest absolute Gasteiger partial charge is 0.378 e. The van der Waals surface area contributed by atoms with Crippen molar-refractivity contribution >= 4 is 6.03 Å². The zero-order chi connectivity index (χ0) is 14.6. The summed E-state index contributed by atoms with van der Waals surface area (Å²) in [6.45, 7) is 7.30. The Morgan fingerprint density at radius 2 is 1.90 bits per heavy atom. The summed E-state index contributed by atoms with van der Waals surface area (Å²) in [6.07, 6.45) is 9.43. The molecule has 1 aliphatic carbocycles. The van der Waals surface area contributed by atoms with E-state index in [4.69, 9.17) is 4.74 Å². The molecule has 114 valence electrons. The Bertz CT molecular complexity index is 360. The Hall–Kier alpha value is -1.03. The molecule has 0 aromatic heterocycles. The second-order valence-corrected chi connectivity index (χ2v) is 7.05. The highest BCUT2D eigenvalue weighted by Crippen LogP contribution is 2.29. The molecular weight excluding hydrogens is 252 g/mol. The predicted molar refractivity (Wildman–Crippen MR) is 80.7 cm³/mol. The van der Waals surface area contributed by atoms with Crippen molar-refractivity contribution in [1.82, 2.24) is 10.6 Å². The highest BCUT2D eigenvalue weighted by atomic mass is 16.5. The quantitative estimate of drug-likeness (QED) is 0.764. The highest BCUT2D eigenvalue weighted by Gasteiger charge is 2.32. The van der Waals surface area contributed by atoms with Gasteiger partial charge in [-0.2, -0.15) is 0 Å². The maximum Gasteiger partial charge on any atom is 0.315 e. The first-order valence-electron chi connectivity index (χ1n) is 7.79. The van der Waals surface area contributed by atoms with Crippen LogP contribution >= 0.6 is 0 Å². The maximum absolute atomic E-state index is 12.0. The highest BCUT2D eigenvalue weighted by molar-refractivity contribution is 5.74. The van der Waals surface area contributed by atoms with Crippen LogP contribution in [0.1, 0.15) is 52.9 Å². The fraction of sp³-hybridized carbons (Fsp3) is 0.812. The SMILES string of the molecule is CC(C)(C)C1CC(NC(=O)NC2CC=CCC2)CCO1. The number of hydrogen-bond donors (Lipinski definition) is 2. The lowest BCUT2D eigenvalue weighted by Crippen LogP contribution is -2.50. The van der Waals surface area contributed by atoms with Gasteiger partial charge in [0.25, 0.3) is 0 Å². The summed E-state index contributed by atoms with van der Waals surface area (Å²) >= 11 is 0. The van der Waals surface area contributed by atoms with Gasteiger partial charge in [0.2, 0.25) is 0 Å². The molecule has 4 nitrogen and oxygen atoms in total. The zero-order valence-corrected chi connectivity index (χ0v) is 12.9. The van der Waals surface area contributed by atoms with Gasteiger partial charge in [-0.1, -0.05) is 32.9 Å². The second-order valence-electron chi connectivity index (χ2n) is 7.05. The summed E-state index contributed by atoms with van der Waals surface area (Å²) in [5.74, 6) is 0. The molecule has 0 aromatic carbocycles. The lowest BCUT2D eigenvalue weighted by Gasteiger charge is -2.38. The molecule has 2 amide bonds. The van der Waals surface area contributed by atoms with Crippen LogP contribution < -0.4 is 10.6 Å². The van der Waals surface area contributed by atoms with Crippen molar-refractivity contribution in [3.8, 4) is 0 Å². The van der Waals surface area contributed by atoms with E-state index in [9.17, 15) is 4.79 Å². The molecule has 1 fully saturated rings. The second kappa shape index (κ2) is 6.61. The van der Waals surface area contributed by atoms with Crippen LogP contribution in [0.15, 0.2) is 12.2 Å². The van der Waals surface area contributed by atoms with Crippen molar-refractivity contribution in [3.05, 3.63) is 12.2 Å². The molecule has 0 bridgehead atoms. The van der Waals surface area contributed by atoms with Crippen LogP contribution in [0.3, 0.4) is 0 Å². The number of allylic oxidation sites excluding steroid dienone is 1. The summed E-state index contributed by atoms with van der Waals surface area (Å²) in [5.41, 5.74) is 0.130. The fourth-order valence-electron chi connectivity index (χ4n) is 2.87. The number of amides is 2. The third-order valence-corrected chi connectivity index (χ3v) is 4.19. The minimum absolute atomic E-state index is 0.0233. The molecule has 0 aromatic rings. The van der Waals surface area contributed by atoms with Crippen LogP contribution in [-0.4, -0.2) is 30.8 Å². The van der Waals surface area contributed by atoms with Crippen LogP contribution in [-0.2, 0) is 4.74 Å². The molecule has 2 rings (SSSR count). The predicted octanol–water partition coefficient (Wildman–Crippen LogP) is 2.99. The average molecular weight is 280 g/mol. The summed E-state index contributed by atoms with van der Waals surface area (Å²) < 4.78 is 5.82. The van der Waals surface area contributed by atoms with E-state index >= 15 is 0 Å². The minimum Gasteiger partial charge on any atom is -0.378 e. The standard InChI is InChI=1S/C16H28N2O2/c1-16(2,3)14-11-13(9-10-20-14)18-15(19)17-12-7-5-4-6-8-12/h4-5,12-14H,6-11H2,1-3H3,(H2,17,18,19). The molecule has 4 heteroatoms. The van der Waals surface area contributed by atoms with Crippen molar-refractivity contribution < 1.29 is 9.53 Å². The fourth-order valence-corrected chi connectivity index (χ4v) is 2.87. The van der Waals surface area contributed by atoms with E-state index < -0.39 is 0 Å². The molecule has 20 heavy (non-hydrogen) atoms. The molecule has 1 heterocycles. The number of rotatable bonds is 2. The number of hydrogen-bond acceptors (Lipinski definition) is 2. The van der Waals surface area contributed by atoms with Crippen LogP contribution in [0.2, 0.25) is 0 Å². The minimum atomic E-state index is -0.0233. The lowest BCUT2D eigenvalue weighted by molar-refractivity contribution is -0.0565. The van der Waals surface area contributed by atoms with Crippen LogP contribution in [0, 0.1) is 5.41 Å². The van der Waals surface area contributed by atoms with Crippen LogP contribution in [0.4, 0.5) is 4.79 Å². The van der Waals surface area contributed by atoms with Gasteiger partial charge in [-0.25, -0.2) is 4.79 Å². The van der Waals surface area contributed by atoms with Crippen LogP contribution in [0.25, 0.3) is 0 Å². The molecule has 3 unspecified atom stereocenters. The monoisotopic (exact) mass is 280 g/mol. The first kappa shape index (κ1) is 15.4. The Morgan fingerprint density at radius 1 is 1.15 bits per heavy atom. The summed E-state index contributed by atoms with van der Waals surface area (Å²) in [7, 11) is 0. The van der Waals surface area contributed by atoms with Gasteiger partial charge >= 0.3 is 6.03 Å². The first-order valence-corrected chi connectivity index (χ1v) is 7.79. The average Bonchev–Trinajstić information content (AvgIpc) is 2.39. The first-order chi connectivity index (χ1) is 9.45. The Balaban J connectivity index is 1.77. The summed E-state index contributed by atoms with van der Waals surface area (Å²) in [5, 5.41) is 6.19. The van der Waals surface area contributed by atoms with E-state index in [0.717, 1.165) is 38.7 Å². The van der Waals surface area contributed by atoms with Crippen molar-refractivity contribution in [2.24, 2.45) is 5.41 Å². The van der Waals surface area contributed by atoms with Gasteiger partial charge in [-0.15, -0.1) is 0 Å². The smallest absolute Gasteiger partial charge is 0.315 e. The van der Waals surface area contributed by atoms with Gasteiger partial charge in [0.15, 0.2) is 0 Å². The topological polar surface area (TPSA) is 50.4 Å². The number of ether oxygens (including phenoxy) is 1. The van der Waals surface area contributed by atoms with Crippen molar-refractivity contribution in [2.45, 2.75) is 71.1 Å². The zero-order valence-electron chi connectivity index (χ0n) is 12.9. The summed E-state index contributed by atoms with van der Waals surface area (Å²) in [4.78, 5) is 12.0.